The minimum Gasteiger partial charge on any atom is -0.481 e. The van der Waals surface area contributed by atoms with Gasteiger partial charge in [0.25, 0.3) is 0 Å². The number of carboxylic acids is 2. The van der Waals surface area contributed by atoms with Crippen LogP contribution in [0.2, 0.25) is 0 Å². The third kappa shape index (κ3) is 13.0. The lowest BCUT2D eigenvalue weighted by Gasteiger charge is -2.31. The predicted octanol–water partition coefficient (Wildman–Crippen LogP) is 1.52. The van der Waals surface area contributed by atoms with Gasteiger partial charge in [0.1, 0.15) is 24.2 Å². The third-order valence-electron chi connectivity index (χ3n) is 8.34. The van der Waals surface area contributed by atoms with Gasteiger partial charge in [0.15, 0.2) is 0 Å². The monoisotopic (exact) mass is 653 g/mol. The first-order chi connectivity index (χ1) is 21.4. The van der Waals surface area contributed by atoms with E-state index in [0.717, 1.165) is 12.8 Å². The first kappa shape index (κ1) is 40.3. The Bertz CT molecular complexity index is 1080. The molecule has 0 spiro atoms. The molecule has 1 rings (SSSR count). The van der Waals surface area contributed by atoms with Crippen molar-refractivity contribution < 1.29 is 43.8 Å². The maximum Gasteiger partial charge on any atom is 0.326 e. The minimum atomic E-state index is -1.69. The van der Waals surface area contributed by atoms with E-state index in [2.05, 4.69) is 21.3 Å². The molecule has 46 heavy (non-hydrogen) atoms. The molecule has 6 N–H and O–H groups in total. The topological polar surface area (TPSA) is 211 Å². The number of carbonyl (C=O) groups is 7. The minimum absolute atomic E-state index is 0.00386. The summed E-state index contributed by atoms with van der Waals surface area (Å²) < 4.78 is 0. The second-order valence-electron chi connectivity index (χ2n) is 13.4. The summed E-state index contributed by atoms with van der Waals surface area (Å²) in [7, 11) is 0. The van der Waals surface area contributed by atoms with E-state index in [4.69, 9.17) is 0 Å². The molecule has 0 bridgehead atoms. The Morgan fingerprint density at radius 1 is 0.652 bits per heavy atom. The van der Waals surface area contributed by atoms with Crippen LogP contribution in [0.25, 0.3) is 0 Å². The van der Waals surface area contributed by atoms with Gasteiger partial charge < -0.3 is 36.4 Å². The first-order valence-electron chi connectivity index (χ1n) is 16.3. The molecule has 1 aliphatic rings. The van der Waals surface area contributed by atoms with Gasteiger partial charge in [-0.1, -0.05) is 61.8 Å². The summed E-state index contributed by atoms with van der Waals surface area (Å²) in [4.78, 5) is 91.7. The van der Waals surface area contributed by atoms with Crippen LogP contribution in [0.1, 0.15) is 93.9 Å². The van der Waals surface area contributed by atoms with Crippen LogP contribution in [0.5, 0.6) is 0 Å². The van der Waals surface area contributed by atoms with Gasteiger partial charge in [-0.05, 0) is 42.9 Å². The molecule has 0 aromatic carbocycles. The van der Waals surface area contributed by atoms with E-state index >= 15 is 0 Å². The molecule has 1 aliphatic heterocycles. The van der Waals surface area contributed by atoms with Crippen molar-refractivity contribution in [2.45, 2.75) is 118 Å². The standard InChI is InChI=1S/C32H55N5O9/c1-9-20(8)27(36-30(43)26(18(4)5)19(6)7)31(44)34-21(15-24(38)37-12-10-11-13-37)28(41)33-22(16-25(39)40)29(42)35-23(32(45)46)14-17(2)3/h17-23,26-27H,9-16H2,1-8H3,(H,33,41)(H,34,44)(H,35,42)(H,36,43)(H,39,40)(H,45,46). The number of hydrogen-bond donors (Lipinski definition) is 6. The van der Waals surface area contributed by atoms with Crippen LogP contribution in [-0.4, -0.2) is 93.8 Å². The molecule has 14 nitrogen and oxygen atoms in total. The zero-order valence-corrected chi connectivity index (χ0v) is 28.6. The lowest BCUT2D eigenvalue weighted by Crippen LogP contribution is -2.60. The van der Waals surface area contributed by atoms with Gasteiger partial charge in [-0.3, -0.25) is 28.8 Å². The van der Waals surface area contributed by atoms with E-state index < -0.39 is 72.6 Å². The van der Waals surface area contributed by atoms with Gasteiger partial charge in [0.2, 0.25) is 29.5 Å². The van der Waals surface area contributed by atoms with Crippen molar-refractivity contribution in [3.05, 3.63) is 0 Å². The van der Waals surface area contributed by atoms with Crippen LogP contribution in [0.15, 0.2) is 0 Å². The van der Waals surface area contributed by atoms with Crippen LogP contribution in [0, 0.1) is 29.6 Å². The van der Waals surface area contributed by atoms with Gasteiger partial charge in [-0.2, -0.15) is 0 Å². The summed E-state index contributed by atoms with van der Waals surface area (Å²) in [6.07, 6.45) is 0.806. The number of nitrogens with one attached hydrogen (secondary N) is 4. The van der Waals surface area contributed by atoms with E-state index in [1.54, 1.807) is 25.7 Å². The molecular formula is C32H55N5O9. The summed E-state index contributed by atoms with van der Waals surface area (Å²) in [5.74, 6) is -7.05. The quantitative estimate of drug-likeness (QED) is 0.119. The SMILES string of the molecule is CCC(C)C(NC(=O)C(C(C)C)C(C)C)C(=O)NC(CC(=O)N1CCCC1)C(=O)NC(CC(=O)O)C(=O)NC(CC(C)C)C(=O)O. The van der Waals surface area contributed by atoms with E-state index in [1.807, 2.05) is 34.6 Å². The van der Waals surface area contributed by atoms with Gasteiger partial charge in [0, 0.05) is 19.0 Å². The number of carbonyl (C=O) groups excluding carboxylic acids is 5. The van der Waals surface area contributed by atoms with Crippen molar-refractivity contribution in [2.75, 3.05) is 13.1 Å². The number of amides is 5. The highest BCUT2D eigenvalue weighted by atomic mass is 16.4. The highest BCUT2D eigenvalue weighted by molar-refractivity contribution is 5.98. The molecule has 14 heteroatoms. The smallest absolute Gasteiger partial charge is 0.326 e. The van der Waals surface area contributed by atoms with Crippen LogP contribution in [0.3, 0.4) is 0 Å². The lowest BCUT2D eigenvalue weighted by molar-refractivity contribution is -0.144. The fourth-order valence-corrected chi connectivity index (χ4v) is 5.69. The maximum absolute atomic E-state index is 13.7. The Morgan fingerprint density at radius 3 is 1.57 bits per heavy atom. The summed E-state index contributed by atoms with van der Waals surface area (Å²) in [5.41, 5.74) is 0. The molecule has 5 unspecified atom stereocenters. The highest BCUT2D eigenvalue weighted by Gasteiger charge is 2.37. The number of carboxylic acid groups (broad SMARTS) is 2. The summed E-state index contributed by atoms with van der Waals surface area (Å²) >= 11 is 0. The molecular weight excluding hydrogens is 598 g/mol. The molecule has 5 atom stereocenters. The number of nitrogens with zero attached hydrogens (tertiary/aromatic N) is 1. The molecule has 0 aromatic rings. The van der Waals surface area contributed by atoms with E-state index in [0.29, 0.717) is 19.5 Å². The van der Waals surface area contributed by atoms with Crippen LogP contribution >= 0.6 is 0 Å². The van der Waals surface area contributed by atoms with Crippen molar-refractivity contribution in [2.24, 2.45) is 29.6 Å². The fourth-order valence-electron chi connectivity index (χ4n) is 5.69. The highest BCUT2D eigenvalue weighted by Crippen LogP contribution is 2.22. The van der Waals surface area contributed by atoms with Crippen LogP contribution in [-0.2, 0) is 33.6 Å². The largest absolute Gasteiger partial charge is 0.481 e. The van der Waals surface area contributed by atoms with Crippen molar-refractivity contribution in [3.8, 4) is 0 Å². The normalized spacial score (nSPS) is 16.5. The zero-order valence-electron chi connectivity index (χ0n) is 28.6. The summed E-state index contributed by atoms with van der Waals surface area (Å²) in [6, 6.07) is -5.57. The maximum atomic E-state index is 13.7. The van der Waals surface area contributed by atoms with E-state index in [1.165, 1.54) is 0 Å². The van der Waals surface area contributed by atoms with Crippen molar-refractivity contribution in [1.29, 1.82) is 0 Å². The molecule has 1 saturated heterocycles. The van der Waals surface area contributed by atoms with Gasteiger partial charge in [0.05, 0.1) is 12.8 Å². The second-order valence-corrected chi connectivity index (χ2v) is 13.4. The summed E-state index contributed by atoms with van der Waals surface area (Å²) in [5, 5.41) is 29.0. The van der Waals surface area contributed by atoms with Crippen molar-refractivity contribution >= 4 is 41.5 Å². The zero-order chi connectivity index (χ0) is 35.3. The Morgan fingerprint density at radius 2 is 1.13 bits per heavy atom. The molecule has 262 valence electrons. The average Bonchev–Trinajstić information content (AvgIpc) is 3.48. The van der Waals surface area contributed by atoms with Crippen LogP contribution in [0.4, 0.5) is 0 Å². The lowest BCUT2D eigenvalue weighted by atomic mass is 9.84. The molecule has 0 radical (unpaired) electrons. The third-order valence-corrected chi connectivity index (χ3v) is 8.34. The fraction of sp³-hybridized carbons (Fsp3) is 0.781. The van der Waals surface area contributed by atoms with Crippen molar-refractivity contribution in [1.82, 2.24) is 26.2 Å². The molecule has 0 saturated carbocycles. The van der Waals surface area contributed by atoms with E-state index in [9.17, 15) is 43.8 Å². The second kappa shape index (κ2) is 19.1. The number of likely N-dealkylation sites (tertiary alicyclic amines) is 1. The molecule has 0 aromatic heterocycles. The summed E-state index contributed by atoms with van der Waals surface area (Å²) in [6.45, 7) is 15.8. The van der Waals surface area contributed by atoms with Crippen LogP contribution < -0.4 is 21.3 Å². The van der Waals surface area contributed by atoms with Gasteiger partial charge in [-0.25, -0.2) is 4.79 Å². The predicted molar refractivity (Wildman–Crippen MR) is 170 cm³/mol. The van der Waals surface area contributed by atoms with E-state index in [-0.39, 0.29) is 41.9 Å². The molecule has 1 heterocycles. The number of rotatable bonds is 19. The first-order valence-corrected chi connectivity index (χ1v) is 16.3. The Labute approximate surface area is 272 Å². The number of hydrogen-bond acceptors (Lipinski definition) is 7. The Kier molecular flexibility index (Phi) is 16.7. The van der Waals surface area contributed by atoms with Gasteiger partial charge >= 0.3 is 11.9 Å². The molecule has 5 amide bonds. The molecule has 0 aliphatic carbocycles. The van der Waals surface area contributed by atoms with Gasteiger partial charge in [-0.15, -0.1) is 0 Å². The Hall–Kier alpha value is -3.71. The Balaban J connectivity index is 3.35. The number of aliphatic carboxylic acids is 2. The average molecular weight is 654 g/mol. The van der Waals surface area contributed by atoms with Crippen molar-refractivity contribution in [3.63, 3.8) is 0 Å². The molecule has 1 fully saturated rings.